The molecule has 6 nitrogen and oxygen atoms in total. The average Bonchev–Trinajstić information content (AvgIpc) is 3.47. The highest BCUT2D eigenvalue weighted by molar-refractivity contribution is 7.81. The molecule has 1 aliphatic carbocycles. The maximum absolute atomic E-state index is 13.6. The van der Waals surface area contributed by atoms with Crippen LogP contribution in [0.15, 0.2) is 97.1 Å². The maximum Gasteiger partial charge on any atom is 0.326 e. The molecule has 0 heterocycles. The number of rotatable bonds is 10. The molecule has 4 aromatic rings. The van der Waals surface area contributed by atoms with E-state index in [1.165, 1.54) is 0 Å². The number of nitrogens with one attached hydrogen (secondary N) is 2. The molecule has 0 aliphatic heterocycles. The van der Waals surface area contributed by atoms with Gasteiger partial charge < -0.3 is 15.7 Å². The molecule has 1 fully saturated rings. The second kappa shape index (κ2) is 12.6. The van der Waals surface area contributed by atoms with Crippen molar-refractivity contribution in [1.82, 2.24) is 10.6 Å². The summed E-state index contributed by atoms with van der Waals surface area (Å²) >= 11 is 4.57. The minimum Gasteiger partial charge on any atom is -0.480 e. The first kappa shape index (κ1) is 28.4. The Kier molecular flexibility index (Phi) is 8.74. The van der Waals surface area contributed by atoms with Crippen molar-refractivity contribution < 1.29 is 19.5 Å². The van der Waals surface area contributed by atoms with Crippen molar-refractivity contribution in [3.8, 4) is 11.1 Å². The lowest BCUT2D eigenvalue weighted by molar-refractivity contribution is -0.143. The number of aliphatic carboxylic acids is 1. The van der Waals surface area contributed by atoms with Crippen LogP contribution in [0.2, 0.25) is 0 Å². The van der Waals surface area contributed by atoms with Crippen LogP contribution in [0.25, 0.3) is 21.9 Å². The third kappa shape index (κ3) is 6.80. The van der Waals surface area contributed by atoms with Crippen LogP contribution in [0.3, 0.4) is 0 Å². The van der Waals surface area contributed by atoms with Crippen LogP contribution < -0.4 is 10.6 Å². The summed E-state index contributed by atoms with van der Waals surface area (Å²) in [5, 5.41) is 17.2. The molecule has 2 atom stereocenters. The lowest BCUT2D eigenvalue weighted by atomic mass is 9.94. The van der Waals surface area contributed by atoms with Gasteiger partial charge in [-0.05, 0) is 52.3 Å². The standard InChI is InChI=1S/C34H34N2O4S/c37-31(30(41)22-24-14-17-26-10-4-5-11-28(26)20-24)36-34(18-6-7-19-34)33(40)35-29(32(38)39)21-23-12-15-27(16-13-23)25-8-2-1-3-9-25/h1-5,8-17,20,29-30,41H,6-7,18-19,21-22H2,(H,35,40)(H,36,37)(H,38,39)/t29-,30-/m1/s1. The van der Waals surface area contributed by atoms with E-state index in [1.807, 2.05) is 97.1 Å². The van der Waals surface area contributed by atoms with Crippen molar-refractivity contribution in [2.24, 2.45) is 0 Å². The van der Waals surface area contributed by atoms with E-state index in [0.29, 0.717) is 19.3 Å². The zero-order valence-electron chi connectivity index (χ0n) is 22.8. The predicted octanol–water partition coefficient (Wildman–Crippen LogP) is 5.59. The summed E-state index contributed by atoms with van der Waals surface area (Å²) < 4.78 is 0. The molecule has 0 saturated heterocycles. The Hall–Kier alpha value is -4.10. The normalized spacial score (nSPS) is 15.6. The Morgan fingerprint density at radius 2 is 1.37 bits per heavy atom. The van der Waals surface area contributed by atoms with Crippen LogP contribution >= 0.6 is 12.6 Å². The number of carbonyl (C=O) groups is 3. The van der Waals surface area contributed by atoms with Gasteiger partial charge in [-0.15, -0.1) is 0 Å². The van der Waals surface area contributed by atoms with Crippen LogP contribution in [0.5, 0.6) is 0 Å². The molecular formula is C34H34N2O4S. The number of fused-ring (bicyclic) bond motifs is 1. The monoisotopic (exact) mass is 566 g/mol. The number of carbonyl (C=O) groups excluding carboxylic acids is 2. The van der Waals surface area contributed by atoms with Gasteiger partial charge in [-0.2, -0.15) is 12.6 Å². The molecule has 4 aromatic carbocycles. The quantitative estimate of drug-likeness (QED) is 0.188. The molecule has 7 heteroatoms. The van der Waals surface area contributed by atoms with Crippen molar-refractivity contribution in [2.75, 3.05) is 0 Å². The molecule has 0 aromatic heterocycles. The van der Waals surface area contributed by atoms with E-state index in [4.69, 9.17) is 0 Å². The van der Waals surface area contributed by atoms with Crippen molar-refractivity contribution >= 4 is 41.2 Å². The number of hydrogen-bond acceptors (Lipinski definition) is 4. The number of hydrogen-bond donors (Lipinski definition) is 4. The molecule has 0 unspecified atom stereocenters. The van der Waals surface area contributed by atoms with Crippen molar-refractivity contribution in [1.29, 1.82) is 0 Å². The third-order valence-corrected chi connectivity index (χ3v) is 8.32. The molecule has 41 heavy (non-hydrogen) atoms. The Bertz CT molecular complexity index is 1530. The zero-order chi connectivity index (χ0) is 28.8. The molecule has 5 rings (SSSR count). The molecule has 1 saturated carbocycles. The van der Waals surface area contributed by atoms with Gasteiger partial charge in [0.1, 0.15) is 11.6 Å². The molecule has 3 N–H and O–H groups in total. The first-order valence-electron chi connectivity index (χ1n) is 14.0. The predicted molar refractivity (Wildman–Crippen MR) is 165 cm³/mol. The molecule has 1 aliphatic rings. The summed E-state index contributed by atoms with van der Waals surface area (Å²) in [4.78, 5) is 39.0. The summed E-state index contributed by atoms with van der Waals surface area (Å²) in [5.74, 6) is -1.90. The van der Waals surface area contributed by atoms with E-state index >= 15 is 0 Å². The smallest absolute Gasteiger partial charge is 0.326 e. The summed E-state index contributed by atoms with van der Waals surface area (Å²) in [6.45, 7) is 0. The average molecular weight is 567 g/mol. The molecule has 0 bridgehead atoms. The molecule has 0 radical (unpaired) electrons. The summed E-state index contributed by atoms with van der Waals surface area (Å²) in [5.41, 5.74) is 2.74. The van der Waals surface area contributed by atoms with Gasteiger partial charge in [0.25, 0.3) is 0 Å². The van der Waals surface area contributed by atoms with E-state index in [9.17, 15) is 19.5 Å². The third-order valence-electron chi connectivity index (χ3n) is 7.90. The first-order valence-corrected chi connectivity index (χ1v) is 14.5. The van der Waals surface area contributed by atoms with Gasteiger partial charge in [0.15, 0.2) is 0 Å². The fourth-order valence-electron chi connectivity index (χ4n) is 5.58. The summed E-state index contributed by atoms with van der Waals surface area (Å²) in [6, 6.07) is 30.6. The van der Waals surface area contributed by atoms with Gasteiger partial charge in [-0.25, -0.2) is 4.79 Å². The fourth-order valence-corrected chi connectivity index (χ4v) is 5.86. The van der Waals surface area contributed by atoms with Gasteiger partial charge in [-0.3, -0.25) is 9.59 Å². The summed E-state index contributed by atoms with van der Waals surface area (Å²) in [7, 11) is 0. The lowest BCUT2D eigenvalue weighted by Gasteiger charge is -2.31. The number of benzene rings is 4. The first-order chi connectivity index (χ1) is 19.8. The van der Waals surface area contributed by atoms with Crippen LogP contribution in [0, 0.1) is 0 Å². The number of amides is 2. The topological polar surface area (TPSA) is 95.5 Å². The Morgan fingerprint density at radius 3 is 2.05 bits per heavy atom. The van der Waals surface area contributed by atoms with E-state index in [-0.39, 0.29) is 12.3 Å². The number of thiol groups is 1. The van der Waals surface area contributed by atoms with Gasteiger partial charge >= 0.3 is 5.97 Å². The molecule has 0 spiro atoms. The van der Waals surface area contributed by atoms with Crippen molar-refractivity contribution in [3.05, 3.63) is 108 Å². The van der Waals surface area contributed by atoms with Gasteiger partial charge in [0.05, 0.1) is 5.25 Å². The van der Waals surface area contributed by atoms with Crippen molar-refractivity contribution in [2.45, 2.75) is 55.4 Å². The highest BCUT2D eigenvalue weighted by atomic mass is 32.1. The van der Waals surface area contributed by atoms with Gasteiger partial charge in [-0.1, -0.05) is 110 Å². The molecule has 210 valence electrons. The highest BCUT2D eigenvalue weighted by Crippen LogP contribution is 2.31. The van der Waals surface area contributed by atoms with Crippen LogP contribution in [-0.4, -0.2) is 39.7 Å². The molecule has 2 amide bonds. The molecular weight excluding hydrogens is 532 g/mol. The van der Waals surface area contributed by atoms with E-state index in [1.54, 1.807) is 0 Å². The SMILES string of the molecule is O=C(NC1(C(=O)N[C@H](Cc2ccc(-c3ccccc3)cc2)C(=O)O)CCCC1)[C@H](S)Cc1ccc2ccccc2c1. The van der Waals surface area contributed by atoms with Gasteiger partial charge in [0.2, 0.25) is 11.8 Å². The van der Waals surface area contributed by atoms with Crippen LogP contribution in [-0.2, 0) is 27.2 Å². The lowest BCUT2D eigenvalue weighted by Crippen LogP contribution is -2.61. The van der Waals surface area contributed by atoms with Gasteiger partial charge in [0, 0.05) is 6.42 Å². The van der Waals surface area contributed by atoms with Crippen molar-refractivity contribution in [3.63, 3.8) is 0 Å². The number of carboxylic acid groups (broad SMARTS) is 1. The Morgan fingerprint density at radius 1 is 0.756 bits per heavy atom. The van der Waals surface area contributed by atoms with Crippen LogP contribution in [0.4, 0.5) is 0 Å². The van der Waals surface area contributed by atoms with E-state index < -0.39 is 28.7 Å². The summed E-state index contributed by atoms with van der Waals surface area (Å²) in [6.07, 6.45) is 3.01. The Labute approximate surface area is 245 Å². The second-order valence-electron chi connectivity index (χ2n) is 10.8. The zero-order valence-corrected chi connectivity index (χ0v) is 23.6. The van der Waals surface area contributed by atoms with E-state index in [2.05, 4.69) is 23.3 Å². The van der Waals surface area contributed by atoms with Crippen LogP contribution in [0.1, 0.15) is 36.8 Å². The minimum atomic E-state index is -1.15. The number of carboxylic acids is 1. The Balaban J connectivity index is 1.24. The highest BCUT2D eigenvalue weighted by Gasteiger charge is 2.44. The minimum absolute atomic E-state index is 0.136. The van der Waals surface area contributed by atoms with E-state index in [0.717, 1.165) is 45.9 Å². The largest absolute Gasteiger partial charge is 0.480 e. The second-order valence-corrected chi connectivity index (χ2v) is 11.4. The fraction of sp³-hybridized carbons (Fsp3) is 0.265. The maximum atomic E-state index is 13.6.